The SMILES string of the molecule is Cc1cc(C2CC2)cc(C)c1C(C)C. The highest BCUT2D eigenvalue weighted by molar-refractivity contribution is 5.42. The van der Waals surface area contributed by atoms with Crippen molar-refractivity contribution in [3.05, 3.63) is 34.4 Å². The third kappa shape index (κ3) is 1.70. The second-order valence-corrected chi connectivity index (χ2v) is 5.00. The zero-order valence-electron chi connectivity index (χ0n) is 9.72. The molecule has 0 amide bonds. The molecule has 1 aliphatic carbocycles. The van der Waals surface area contributed by atoms with Crippen molar-refractivity contribution in [2.24, 2.45) is 0 Å². The van der Waals surface area contributed by atoms with Gasteiger partial charge in [0, 0.05) is 0 Å². The summed E-state index contributed by atoms with van der Waals surface area (Å²) in [5.74, 6) is 1.54. The summed E-state index contributed by atoms with van der Waals surface area (Å²) >= 11 is 0. The highest BCUT2D eigenvalue weighted by atomic mass is 14.3. The third-order valence-corrected chi connectivity index (χ3v) is 3.24. The topological polar surface area (TPSA) is 0 Å². The molecule has 0 aliphatic heterocycles. The summed E-state index contributed by atoms with van der Waals surface area (Å²) in [4.78, 5) is 0. The smallest absolute Gasteiger partial charge is 0.0161 e. The van der Waals surface area contributed by atoms with Crippen LogP contribution < -0.4 is 0 Å². The van der Waals surface area contributed by atoms with Crippen molar-refractivity contribution in [2.45, 2.75) is 52.4 Å². The van der Waals surface area contributed by atoms with E-state index in [1.165, 1.54) is 24.0 Å². The van der Waals surface area contributed by atoms with E-state index >= 15 is 0 Å². The second-order valence-electron chi connectivity index (χ2n) is 5.00. The van der Waals surface area contributed by atoms with Crippen LogP contribution in [0.4, 0.5) is 0 Å². The maximum absolute atomic E-state index is 2.40. The lowest BCUT2D eigenvalue weighted by atomic mass is 9.90. The van der Waals surface area contributed by atoms with Gasteiger partial charge in [-0.25, -0.2) is 0 Å². The summed E-state index contributed by atoms with van der Waals surface area (Å²) in [6, 6.07) is 4.81. The van der Waals surface area contributed by atoms with Gasteiger partial charge in [-0.2, -0.15) is 0 Å². The molecule has 76 valence electrons. The molecule has 1 saturated carbocycles. The van der Waals surface area contributed by atoms with Crippen molar-refractivity contribution in [3.63, 3.8) is 0 Å². The fraction of sp³-hybridized carbons (Fsp3) is 0.571. The molecule has 0 atom stereocenters. The van der Waals surface area contributed by atoms with Gasteiger partial charge in [0.1, 0.15) is 0 Å². The first kappa shape index (κ1) is 9.76. The van der Waals surface area contributed by atoms with Gasteiger partial charge in [0.2, 0.25) is 0 Å². The Hall–Kier alpha value is -0.780. The quantitative estimate of drug-likeness (QED) is 0.649. The number of hydrogen-bond donors (Lipinski definition) is 0. The minimum atomic E-state index is 0.656. The van der Waals surface area contributed by atoms with Gasteiger partial charge in [-0.1, -0.05) is 26.0 Å². The van der Waals surface area contributed by atoms with Crippen molar-refractivity contribution >= 4 is 0 Å². The number of benzene rings is 1. The summed E-state index contributed by atoms with van der Waals surface area (Å²) in [7, 11) is 0. The second kappa shape index (κ2) is 3.42. The van der Waals surface area contributed by atoms with E-state index in [4.69, 9.17) is 0 Å². The monoisotopic (exact) mass is 188 g/mol. The highest BCUT2D eigenvalue weighted by Gasteiger charge is 2.24. The number of rotatable bonds is 2. The van der Waals surface area contributed by atoms with Gasteiger partial charge in [0.25, 0.3) is 0 Å². The molecule has 1 aliphatic rings. The van der Waals surface area contributed by atoms with E-state index in [-0.39, 0.29) is 0 Å². The summed E-state index contributed by atoms with van der Waals surface area (Å²) in [6.07, 6.45) is 2.81. The molecule has 2 rings (SSSR count). The standard InChI is InChI=1S/C14H20/c1-9(2)14-10(3)7-13(8-11(14)4)12-5-6-12/h7-9,12H,5-6H2,1-4H3. The van der Waals surface area contributed by atoms with Crippen molar-refractivity contribution in [1.29, 1.82) is 0 Å². The average molecular weight is 188 g/mol. The molecule has 0 nitrogen and oxygen atoms in total. The van der Waals surface area contributed by atoms with Gasteiger partial charge in [-0.15, -0.1) is 0 Å². The van der Waals surface area contributed by atoms with Gasteiger partial charge in [-0.3, -0.25) is 0 Å². The van der Waals surface area contributed by atoms with Crippen LogP contribution in [0.1, 0.15) is 60.8 Å². The third-order valence-electron chi connectivity index (χ3n) is 3.24. The molecule has 1 aromatic rings. The Morgan fingerprint density at radius 2 is 1.57 bits per heavy atom. The molecule has 0 heterocycles. The minimum absolute atomic E-state index is 0.656. The van der Waals surface area contributed by atoms with Crippen molar-refractivity contribution in [1.82, 2.24) is 0 Å². The molecule has 0 unspecified atom stereocenters. The van der Waals surface area contributed by atoms with Crippen LogP contribution in [-0.4, -0.2) is 0 Å². The molecule has 14 heavy (non-hydrogen) atoms. The van der Waals surface area contributed by atoms with Gasteiger partial charge in [0.05, 0.1) is 0 Å². The molecule has 0 saturated heterocycles. The van der Waals surface area contributed by atoms with Gasteiger partial charge in [-0.05, 0) is 60.8 Å². The Balaban J connectivity index is 2.43. The van der Waals surface area contributed by atoms with Gasteiger partial charge in [0.15, 0.2) is 0 Å². The molecular weight excluding hydrogens is 168 g/mol. The number of aryl methyl sites for hydroxylation is 2. The molecule has 0 N–H and O–H groups in total. The van der Waals surface area contributed by atoms with E-state index in [9.17, 15) is 0 Å². The maximum Gasteiger partial charge on any atom is -0.0161 e. The lowest BCUT2D eigenvalue weighted by Crippen LogP contribution is -1.97. The van der Waals surface area contributed by atoms with E-state index in [2.05, 4.69) is 39.8 Å². The van der Waals surface area contributed by atoms with Crippen LogP contribution in [-0.2, 0) is 0 Å². The van der Waals surface area contributed by atoms with Crippen molar-refractivity contribution in [2.75, 3.05) is 0 Å². The van der Waals surface area contributed by atoms with Crippen molar-refractivity contribution < 1.29 is 0 Å². The minimum Gasteiger partial charge on any atom is -0.0587 e. The summed E-state index contributed by atoms with van der Waals surface area (Å²) in [6.45, 7) is 9.08. The molecule has 1 fully saturated rings. The fourth-order valence-electron chi connectivity index (χ4n) is 2.57. The predicted molar refractivity (Wildman–Crippen MR) is 62.0 cm³/mol. The van der Waals surface area contributed by atoms with Crippen LogP contribution in [0.2, 0.25) is 0 Å². The Morgan fingerprint density at radius 1 is 1.07 bits per heavy atom. The van der Waals surface area contributed by atoms with Crippen LogP contribution in [0.25, 0.3) is 0 Å². The first-order valence-electron chi connectivity index (χ1n) is 5.70. The Morgan fingerprint density at radius 3 is 1.93 bits per heavy atom. The van der Waals surface area contributed by atoms with E-state index in [0.717, 1.165) is 5.92 Å². The zero-order chi connectivity index (χ0) is 10.3. The summed E-state index contributed by atoms with van der Waals surface area (Å²) in [5, 5.41) is 0. The molecule has 0 aromatic heterocycles. The van der Waals surface area contributed by atoms with Crippen LogP contribution in [0.3, 0.4) is 0 Å². The van der Waals surface area contributed by atoms with Crippen LogP contribution in [0.15, 0.2) is 12.1 Å². The highest BCUT2D eigenvalue weighted by Crippen LogP contribution is 2.41. The van der Waals surface area contributed by atoms with E-state index < -0.39 is 0 Å². The van der Waals surface area contributed by atoms with E-state index in [0.29, 0.717) is 5.92 Å². The molecule has 0 heteroatoms. The summed E-state index contributed by atoms with van der Waals surface area (Å²) in [5.41, 5.74) is 6.10. The van der Waals surface area contributed by atoms with Gasteiger partial charge >= 0.3 is 0 Å². The maximum atomic E-state index is 2.40. The Kier molecular flexibility index (Phi) is 2.38. The molecular formula is C14H20. The molecule has 0 spiro atoms. The Bertz CT molecular complexity index is 320. The first-order valence-corrected chi connectivity index (χ1v) is 5.70. The fourth-order valence-corrected chi connectivity index (χ4v) is 2.57. The van der Waals surface area contributed by atoms with Crippen LogP contribution >= 0.6 is 0 Å². The van der Waals surface area contributed by atoms with Gasteiger partial charge < -0.3 is 0 Å². The first-order chi connectivity index (χ1) is 6.59. The normalized spacial score (nSPS) is 16.4. The number of hydrogen-bond acceptors (Lipinski definition) is 0. The van der Waals surface area contributed by atoms with Crippen LogP contribution in [0.5, 0.6) is 0 Å². The molecule has 0 bridgehead atoms. The molecule has 0 radical (unpaired) electrons. The van der Waals surface area contributed by atoms with Crippen LogP contribution in [0, 0.1) is 13.8 Å². The van der Waals surface area contributed by atoms with Crippen molar-refractivity contribution in [3.8, 4) is 0 Å². The lowest BCUT2D eigenvalue weighted by molar-refractivity contribution is 0.843. The van der Waals surface area contributed by atoms with E-state index in [1.54, 1.807) is 11.1 Å². The Labute approximate surface area is 87.3 Å². The van der Waals surface area contributed by atoms with E-state index in [1.807, 2.05) is 0 Å². The summed E-state index contributed by atoms with van der Waals surface area (Å²) < 4.78 is 0. The lowest BCUT2D eigenvalue weighted by Gasteiger charge is -2.15. The predicted octanol–water partition coefficient (Wildman–Crippen LogP) is 4.30. The average Bonchev–Trinajstić information content (AvgIpc) is 2.83. The largest absolute Gasteiger partial charge is 0.0587 e. The molecule has 1 aromatic carbocycles. The zero-order valence-corrected chi connectivity index (χ0v) is 9.72.